The lowest BCUT2D eigenvalue weighted by Crippen LogP contribution is -2.40. The lowest BCUT2D eigenvalue weighted by molar-refractivity contribution is -0.134. The minimum absolute atomic E-state index is 0.0423. The van der Waals surface area contributed by atoms with Crippen molar-refractivity contribution in [3.8, 4) is 5.88 Å². The van der Waals surface area contributed by atoms with Crippen LogP contribution >= 0.6 is 15.9 Å². The zero-order valence-corrected chi connectivity index (χ0v) is 14.5. The van der Waals surface area contributed by atoms with Gasteiger partial charge in [-0.1, -0.05) is 22.9 Å². The van der Waals surface area contributed by atoms with Gasteiger partial charge in [-0.05, 0) is 37.0 Å². The van der Waals surface area contributed by atoms with Crippen molar-refractivity contribution in [1.29, 1.82) is 0 Å². The highest BCUT2D eigenvalue weighted by atomic mass is 79.9. The van der Waals surface area contributed by atoms with Crippen LogP contribution in [0.5, 0.6) is 5.88 Å². The van der Waals surface area contributed by atoms with Crippen LogP contribution in [-0.4, -0.2) is 40.3 Å². The molecule has 0 unspecified atom stereocenters. The quantitative estimate of drug-likeness (QED) is 0.839. The van der Waals surface area contributed by atoms with Crippen molar-refractivity contribution in [2.75, 3.05) is 19.7 Å². The highest BCUT2D eigenvalue weighted by Crippen LogP contribution is 2.27. The van der Waals surface area contributed by atoms with E-state index in [4.69, 9.17) is 4.74 Å². The fraction of sp³-hybridized carbons (Fsp3) is 0.500. The number of ether oxygens (including phenoxy) is 1. The average molecular weight is 366 g/mol. The molecule has 0 spiro atoms. The molecule has 6 heteroatoms. The summed E-state index contributed by atoms with van der Waals surface area (Å²) in [7, 11) is 1.87. The van der Waals surface area contributed by atoms with Gasteiger partial charge in [-0.15, -0.1) is 5.10 Å². The minimum Gasteiger partial charge on any atom is -0.466 e. The maximum Gasteiger partial charge on any atom is 0.260 e. The van der Waals surface area contributed by atoms with Gasteiger partial charge in [0, 0.05) is 24.6 Å². The zero-order valence-electron chi connectivity index (χ0n) is 12.9. The van der Waals surface area contributed by atoms with E-state index in [-0.39, 0.29) is 12.5 Å². The molecule has 0 atom stereocenters. The maximum absolute atomic E-state index is 12.2. The van der Waals surface area contributed by atoms with E-state index in [1.807, 2.05) is 30.1 Å². The van der Waals surface area contributed by atoms with Crippen LogP contribution in [-0.2, 0) is 11.8 Å². The number of piperidine rings is 1. The Bertz CT molecular complexity index is 690. The van der Waals surface area contributed by atoms with Crippen LogP contribution < -0.4 is 4.74 Å². The van der Waals surface area contributed by atoms with Crippen LogP contribution in [0.15, 0.2) is 22.7 Å². The summed E-state index contributed by atoms with van der Waals surface area (Å²) >= 11 is 3.46. The summed E-state index contributed by atoms with van der Waals surface area (Å²) in [4.78, 5) is 14.1. The molecule has 1 aromatic carbocycles. The Morgan fingerprint density at radius 1 is 1.41 bits per heavy atom. The molecule has 0 N–H and O–H groups in total. The topological polar surface area (TPSA) is 47.4 Å². The summed E-state index contributed by atoms with van der Waals surface area (Å²) < 4.78 is 8.43. The standard InChI is InChI=1S/C16H20BrN3O2/c1-11-5-7-20(8-6-11)15(21)10-22-16-13-9-12(17)3-4-14(13)19(2)18-16/h3-4,9,11H,5-8,10H2,1-2H3. The molecule has 0 aliphatic carbocycles. The number of amides is 1. The van der Waals surface area contributed by atoms with E-state index in [0.717, 1.165) is 41.3 Å². The van der Waals surface area contributed by atoms with Gasteiger partial charge in [-0.3, -0.25) is 9.48 Å². The van der Waals surface area contributed by atoms with Crippen LogP contribution in [0.1, 0.15) is 19.8 Å². The first-order valence-corrected chi connectivity index (χ1v) is 8.36. The third kappa shape index (κ3) is 3.11. The summed E-state index contributed by atoms with van der Waals surface area (Å²) in [5.41, 5.74) is 0.984. The number of aryl methyl sites for hydroxylation is 1. The van der Waals surface area contributed by atoms with E-state index < -0.39 is 0 Å². The van der Waals surface area contributed by atoms with Crippen LogP contribution in [0.3, 0.4) is 0 Å². The molecule has 3 rings (SSSR count). The molecule has 1 saturated heterocycles. The molecule has 22 heavy (non-hydrogen) atoms. The number of aromatic nitrogens is 2. The molecule has 1 aliphatic heterocycles. The average Bonchev–Trinajstić information content (AvgIpc) is 2.81. The fourth-order valence-electron chi connectivity index (χ4n) is 2.79. The molecule has 1 fully saturated rings. The Morgan fingerprint density at radius 2 is 2.14 bits per heavy atom. The number of nitrogens with zero attached hydrogens (tertiary/aromatic N) is 3. The number of fused-ring (bicyclic) bond motifs is 1. The van der Waals surface area contributed by atoms with E-state index >= 15 is 0 Å². The number of carbonyl (C=O) groups excluding carboxylic acids is 1. The van der Waals surface area contributed by atoms with Gasteiger partial charge >= 0.3 is 0 Å². The highest BCUT2D eigenvalue weighted by Gasteiger charge is 2.21. The second kappa shape index (κ2) is 6.28. The van der Waals surface area contributed by atoms with Gasteiger partial charge in [0.1, 0.15) is 0 Å². The Labute approximate surface area is 138 Å². The minimum atomic E-state index is 0.0423. The lowest BCUT2D eigenvalue weighted by atomic mass is 9.99. The number of rotatable bonds is 3. The SMILES string of the molecule is CC1CCN(C(=O)COc2nn(C)c3ccc(Br)cc23)CC1. The first-order chi connectivity index (χ1) is 10.5. The predicted octanol–water partition coefficient (Wildman–Crippen LogP) is 2.97. The monoisotopic (exact) mass is 365 g/mol. The van der Waals surface area contributed by atoms with Gasteiger partial charge in [0.25, 0.3) is 5.91 Å². The number of hydrogen-bond donors (Lipinski definition) is 0. The van der Waals surface area contributed by atoms with Crippen LogP contribution in [0, 0.1) is 5.92 Å². The molecule has 2 aromatic rings. The largest absolute Gasteiger partial charge is 0.466 e. The van der Waals surface area contributed by atoms with Gasteiger partial charge in [0.2, 0.25) is 5.88 Å². The summed E-state index contributed by atoms with van der Waals surface area (Å²) in [5, 5.41) is 5.28. The summed E-state index contributed by atoms with van der Waals surface area (Å²) in [5.74, 6) is 1.26. The Balaban J connectivity index is 1.69. The van der Waals surface area contributed by atoms with Crippen LogP contribution in [0.25, 0.3) is 10.9 Å². The maximum atomic E-state index is 12.2. The van der Waals surface area contributed by atoms with Gasteiger partial charge in [-0.25, -0.2) is 0 Å². The molecule has 5 nitrogen and oxygen atoms in total. The first-order valence-electron chi connectivity index (χ1n) is 7.57. The van der Waals surface area contributed by atoms with Crippen molar-refractivity contribution in [2.45, 2.75) is 19.8 Å². The lowest BCUT2D eigenvalue weighted by Gasteiger charge is -2.30. The van der Waals surface area contributed by atoms with Gasteiger partial charge in [0.05, 0.1) is 10.9 Å². The van der Waals surface area contributed by atoms with Gasteiger partial charge < -0.3 is 9.64 Å². The molecule has 2 heterocycles. The van der Waals surface area contributed by atoms with E-state index in [1.54, 1.807) is 4.68 Å². The zero-order chi connectivity index (χ0) is 15.7. The van der Waals surface area contributed by atoms with Crippen molar-refractivity contribution in [3.63, 3.8) is 0 Å². The molecular formula is C16H20BrN3O2. The number of halogens is 1. The summed E-state index contributed by atoms with van der Waals surface area (Å²) in [6.45, 7) is 3.94. The van der Waals surface area contributed by atoms with Gasteiger partial charge in [-0.2, -0.15) is 0 Å². The molecule has 0 bridgehead atoms. The second-order valence-corrected chi connectivity index (χ2v) is 6.86. The third-order valence-electron chi connectivity index (χ3n) is 4.25. The molecule has 0 saturated carbocycles. The first kappa shape index (κ1) is 15.3. The smallest absolute Gasteiger partial charge is 0.260 e. The van der Waals surface area contributed by atoms with Crippen molar-refractivity contribution in [3.05, 3.63) is 22.7 Å². The molecule has 118 valence electrons. The third-order valence-corrected chi connectivity index (χ3v) is 4.74. The molecule has 1 amide bonds. The van der Waals surface area contributed by atoms with E-state index in [9.17, 15) is 4.79 Å². The number of carbonyl (C=O) groups is 1. The Kier molecular flexibility index (Phi) is 4.38. The molecular weight excluding hydrogens is 346 g/mol. The Morgan fingerprint density at radius 3 is 2.86 bits per heavy atom. The van der Waals surface area contributed by atoms with Crippen molar-refractivity contribution in [1.82, 2.24) is 14.7 Å². The van der Waals surface area contributed by atoms with Crippen molar-refractivity contribution < 1.29 is 9.53 Å². The fourth-order valence-corrected chi connectivity index (χ4v) is 3.15. The second-order valence-electron chi connectivity index (χ2n) is 5.94. The summed E-state index contributed by atoms with van der Waals surface area (Å²) in [6.07, 6.45) is 2.15. The van der Waals surface area contributed by atoms with Crippen molar-refractivity contribution >= 4 is 32.7 Å². The van der Waals surface area contributed by atoms with E-state index in [0.29, 0.717) is 11.8 Å². The van der Waals surface area contributed by atoms with E-state index in [1.165, 1.54) is 0 Å². The van der Waals surface area contributed by atoms with E-state index in [2.05, 4.69) is 28.0 Å². The molecule has 1 aromatic heterocycles. The van der Waals surface area contributed by atoms with Crippen LogP contribution in [0.2, 0.25) is 0 Å². The normalized spacial score (nSPS) is 16.2. The molecule has 1 aliphatic rings. The van der Waals surface area contributed by atoms with Crippen LogP contribution in [0.4, 0.5) is 0 Å². The Hall–Kier alpha value is -1.56. The van der Waals surface area contributed by atoms with Gasteiger partial charge in [0.15, 0.2) is 6.61 Å². The summed E-state index contributed by atoms with van der Waals surface area (Å²) in [6, 6.07) is 5.91. The van der Waals surface area contributed by atoms with Crippen molar-refractivity contribution in [2.24, 2.45) is 13.0 Å². The highest BCUT2D eigenvalue weighted by molar-refractivity contribution is 9.10. The number of hydrogen-bond acceptors (Lipinski definition) is 3. The predicted molar refractivity (Wildman–Crippen MR) is 88.9 cm³/mol. The number of likely N-dealkylation sites (tertiary alicyclic amines) is 1. The number of benzene rings is 1. The molecule has 0 radical (unpaired) electrons.